The van der Waals surface area contributed by atoms with E-state index >= 15 is 0 Å². The van der Waals surface area contributed by atoms with Gasteiger partial charge in [0.1, 0.15) is 22.7 Å². The number of fused-ring (bicyclic) bond motifs is 4. The maximum Gasteiger partial charge on any atom is 0.225 e. The lowest BCUT2D eigenvalue weighted by Gasteiger charge is -2.24. The number of anilines is 2. The maximum absolute atomic E-state index is 12.5. The molecular formula is C23H26N8O2S. The monoisotopic (exact) mass is 478 g/mol. The van der Waals surface area contributed by atoms with E-state index in [1.807, 2.05) is 26.2 Å². The van der Waals surface area contributed by atoms with Crippen LogP contribution in [0, 0.1) is 11.4 Å². The highest BCUT2D eigenvalue weighted by Gasteiger charge is 2.30. The summed E-state index contributed by atoms with van der Waals surface area (Å²) < 4.78 is 6.02. The summed E-state index contributed by atoms with van der Waals surface area (Å²) in [6, 6.07) is 3.91. The fourth-order valence-corrected chi connectivity index (χ4v) is 5.69. The first-order valence-corrected chi connectivity index (χ1v) is 12.0. The standard InChI is InChI=1S/C23H26N8O2S/c1-31(2)23(32)13-4-5-15-19(9-13)34-22-20(15)21(25-12-26-22)29-17-8-14-11-28-30-16(14)10-18(17)33-7-3-6-27-24/h8,10-13,24H,3-7,9H2,1-2H3,(H,28,30)(H,25,26,29)/t13-/m0/s1. The molecular weight excluding hydrogens is 452 g/mol. The zero-order valence-corrected chi connectivity index (χ0v) is 19.9. The van der Waals surface area contributed by atoms with E-state index in [0.717, 1.165) is 51.9 Å². The molecule has 34 heavy (non-hydrogen) atoms. The van der Waals surface area contributed by atoms with Crippen molar-refractivity contribution in [3.8, 4) is 5.75 Å². The van der Waals surface area contributed by atoms with Gasteiger partial charge < -0.3 is 15.0 Å². The number of aryl methyl sites for hydroxylation is 1. The number of amides is 1. The third-order valence-corrected chi connectivity index (χ3v) is 7.26. The Morgan fingerprint density at radius 3 is 3.09 bits per heavy atom. The van der Waals surface area contributed by atoms with Crippen LogP contribution in [0.15, 0.2) is 29.8 Å². The molecule has 4 aromatic rings. The molecule has 3 N–H and O–H groups in total. The van der Waals surface area contributed by atoms with E-state index in [2.05, 4.69) is 30.6 Å². The highest BCUT2D eigenvalue weighted by atomic mass is 32.1. The number of ether oxygens (including phenoxy) is 1. The number of thiophene rings is 1. The second-order valence-corrected chi connectivity index (χ2v) is 9.68. The zero-order chi connectivity index (χ0) is 23.7. The number of carbonyl (C=O) groups excluding carboxylic acids is 1. The molecule has 1 amide bonds. The van der Waals surface area contributed by atoms with Gasteiger partial charge in [-0.25, -0.2) is 15.5 Å². The molecule has 1 aromatic carbocycles. The molecule has 1 atom stereocenters. The molecule has 0 fully saturated rings. The van der Waals surface area contributed by atoms with Crippen molar-refractivity contribution < 1.29 is 9.53 Å². The lowest BCUT2D eigenvalue weighted by Crippen LogP contribution is -2.32. The smallest absolute Gasteiger partial charge is 0.225 e. The molecule has 0 saturated heterocycles. The van der Waals surface area contributed by atoms with Crippen LogP contribution in [0.4, 0.5) is 11.5 Å². The summed E-state index contributed by atoms with van der Waals surface area (Å²) in [5.74, 6) is 1.60. The Labute approximate surface area is 200 Å². The third kappa shape index (κ3) is 4.18. The first kappa shape index (κ1) is 22.2. The molecule has 0 unspecified atom stereocenters. The number of H-pyrrole nitrogens is 1. The fraction of sp³-hybridized carbons (Fsp3) is 0.391. The van der Waals surface area contributed by atoms with Crippen molar-refractivity contribution in [2.24, 2.45) is 11.0 Å². The third-order valence-electron chi connectivity index (χ3n) is 6.10. The molecule has 10 nitrogen and oxygen atoms in total. The minimum Gasteiger partial charge on any atom is -0.491 e. The van der Waals surface area contributed by atoms with Crippen LogP contribution in [0.25, 0.3) is 21.1 Å². The van der Waals surface area contributed by atoms with Crippen molar-refractivity contribution in [3.63, 3.8) is 0 Å². The van der Waals surface area contributed by atoms with Crippen LogP contribution in [0.3, 0.4) is 0 Å². The summed E-state index contributed by atoms with van der Waals surface area (Å²) in [7, 11) is 3.63. The van der Waals surface area contributed by atoms with Crippen LogP contribution in [-0.4, -0.2) is 58.2 Å². The number of nitrogens with one attached hydrogen (secondary N) is 3. The second-order valence-electron chi connectivity index (χ2n) is 8.59. The molecule has 0 bridgehead atoms. The van der Waals surface area contributed by atoms with Crippen molar-refractivity contribution >= 4 is 49.9 Å². The summed E-state index contributed by atoms with van der Waals surface area (Å²) in [6.45, 7) is 0.880. The van der Waals surface area contributed by atoms with Gasteiger partial charge in [-0.1, -0.05) is 0 Å². The number of hydrogen-bond acceptors (Lipinski definition) is 9. The Morgan fingerprint density at radius 1 is 1.38 bits per heavy atom. The molecule has 0 aliphatic heterocycles. The van der Waals surface area contributed by atoms with E-state index in [1.54, 1.807) is 28.8 Å². The van der Waals surface area contributed by atoms with Crippen LogP contribution < -0.4 is 10.1 Å². The van der Waals surface area contributed by atoms with Crippen molar-refractivity contribution in [1.29, 1.82) is 5.53 Å². The predicted molar refractivity (Wildman–Crippen MR) is 131 cm³/mol. The summed E-state index contributed by atoms with van der Waals surface area (Å²) >= 11 is 1.65. The maximum atomic E-state index is 12.5. The van der Waals surface area contributed by atoms with E-state index in [9.17, 15) is 4.79 Å². The van der Waals surface area contributed by atoms with Crippen molar-refractivity contribution in [2.45, 2.75) is 25.7 Å². The minimum absolute atomic E-state index is 0.0129. The summed E-state index contributed by atoms with van der Waals surface area (Å²) in [6.07, 6.45) is 6.38. The SMILES string of the molecule is CN(C)C(=O)[C@H]1CCc2c(sc3ncnc(Nc4cc5cn[nH]c5cc4OCCCN=N)c23)C1. The molecule has 176 valence electrons. The summed E-state index contributed by atoms with van der Waals surface area (Å²) in [4.78, 5) is 25.4. The molecule has 5 rings (SSSR count). The molecule has 1 aliphatic carbocycles. The van der Waals surface area contributed by atoms with Crippen molar-refractivity contribution in [1.82, 2.24) is 25.1 Å². The topological polar surface area (TPSA) is 132 Å². The van der Waals surface area contributed by atoms with Crippen LogP contribution in [-0.2, 0) is 17.6 Å². The fourth-order valence-electron chi connectivity index (χ4n) is 4.42. The van der Waals surface area contributed by atoms with E-state index in [4.69, 9.17) is 10.3 Å². The van der Waals surface area contributed by atoms with Gasteiger partial charge in [0, 0.05) is 42.8 Å². The van der Waals surface area contributed by atoms with Crippen LogP contribution in [0.5, 0.6) is 5.75 Å². The zero-order valence-electron chi connectivity index (χ0n) is 19.1. The van der Waals surface area contributed by atoms with E-state index < -0.39 is 0 Å². The number of aromatic nitrogens is 4. The van der Waals surface area contributed by atoms with E-state index in [0.29, 0.717) is 25.3 Å². The van der Waals surface area contributed by atoms with Gasteiger partial charge in [0.05, 0.1) is 35.9 Å². The van der Waals surface area contributed by atoms with Crippen LogP contribution in [0.1, 0.15) is 23.3 Å². The number of hydrogen-bond donors (Lipinski definition) is 3. The van der Waals surface area contributed by atoms with E-state index in [-0.39, 0.29) is 11.8 Å². The van der Waals surface area contributed by atoms with Gasteiger partial charge in [-0.15, -0.1) is 11.3 Å². The van der Waals surface area contributed by atoms with Crippen LogP contribution >= 0.6 is 11.3 Å². The molecule has 1 aliphatic rings. The molecule has 3 aromatic heterocycles. The Hall–Kier alpha value is -3.60. The first-order valence-electron chi connectivity index (χ1n) is 11.2. The number of carbonyl (C=O) groups is 1. The Balaban J connectivity index is 1.49. The number of aromatic amines is 1. The molecule has 11 heteroatoms. The lowest BCUT2D eigenvalue weighted by atomic mass is 9.87. The highest BCUT2D eigenvalue weighted by Crippen LogP contribution is 2.41. The molecule has 0 spiro atoms. The quantitative estimate of drug-likeness (QED) is 0.255. The molecule has 0 radical (unpaired) electrons. The minimum atomic E-state index is 0.0129. The van der Waals surface area contributed by atoms with Gasteiger partial charge in [-0.3, -0.25) is 9.89 Å². The van der Waals surface area contributed by atoms with Gasteiger partial charge >= 0.3 is 0 Å². The Morgan fingerprint density at radius 2 is 2.26 bits per heavy atom. The van der Waals surface area contributed by atoms with Gasteiger partial charge in [-0.2, -0.15) is 10.2 Å². The van der Waals surface area contributed by atoms with Crippen molar-refractivity contribution in [2.75, 3.05) is 32.6 Å². The first-order chi connectivity index (χ1) is 16.5. The largest absolute Gasteiger partial charge is 0.491 e. The Bertz CT molecular complexity index is 1360. The lowest BCUT2D eigenvalue weighted by molar-refractivity contribution is -0.133. The van der Waals surface area contributed by atoms with Gasteiger partial charge in [0.15, 0.2) is 0 Å². The highest BCUT2D eigenvalue weighted by molar-refractivity contribution is 7.19. The second kappa shape index (κ2) is 9.34. The normalized spacial score (nSPS) is 15.3. The summed E-state index contributed by atoms with van der Waals surface area (Å²) in [5.41, 5.74) is 9.86. The van der Waals surface area contributed by atoms with Crippen LogP contribution in [0.2, 0.25) is 0 Å². The average Bonchev–Trinajstić information content (AvgIpc) is 3.44. The van der Waals surface area contributed by atoms with Gasteiger partial charge in [-0.05, 0) is 30.9 Å². The predicted octanol–water partition coefficient (Wildman–Crippen LogP) is 4.30. The number of benzene rings is 1. The average molecular weight is 479 g/mol. The molecule has 0 saturated carbocycles. The van der Waals surface area contributed by atoms with E-state index in [1.165, 1.54) is 10.4 Å². The van der Waals surface area contributed by atoms with Gasteiger partial charge in [0.2, 0.25) is 5.91 Å². The Kier molecular flexibility index (Phi) is 6.10. The van der Waals surface area contributed by atoms with Crippen molar-refractivity contribution in [3.05, 3.63) is 35.1 Å². The summed E-state index contributed by atoms with van der Waals surface area (Å²) in [5, 5.41) is 16.0. The van der Waals surface area contributed by atoms with Gasteiger partial charge in [0.25, 0.3) is 0 Å². The molecule has 3 heterocycles. The number of rotatable bonds is 8. The number of nitrogens with zero attached hydrogens (tertiary/aromatic N) is 5.